The zero-order valence-electron chi connectivity index (χ0n) is 15.7. The van der Waals surface area contributed by atoms with Crippen molar-refractivity contribution in [2.75, 3.05) is 18.5 Å². The Morgan fingerprint density at radius 1 is 1.00 bits per heavy atom. The summed E-state index contributed by atoms with van der Waals surface area (Å²) >= 11 is 6.00. The highest BCUT2D eigenvalue weighted by Crippen LogP contribution is 2.23. The maximum Gasteiger partial charge on any atom is 0.326 e. The predicted molar refractivity (Wildman–Crippen MR) is 107 cm³/mol. The summed E-state index contributed by atoms with van der Waals surface area (Å²) in [5.74, 6) is -2.81. The highest BCUT2D eigenvalue weighted by molar-refractivity contribution is 6.31. The van der Waals surface area contributed by atoms with Crippen LogP contribution >= 0.6 is 11.6 Å². The number of imide groups is 1. The van der Waals surface area contributed by atoms with Crippen molar-refractivity contribution < 1.29 is 28.7 Å². The zero-order chi connectivity index (χ0) is 21.7. The van der Waals surface area contributed by atoms with Crippen molar-refractivity contribution in [1.29, 1.82) is 0 Å². The Hall–Kier alpha value is -3.52. The standard InChI is InChI=1S/C21H17ClN2O6/c22-14-6-7-16(15(10-14)21(29)13-4-2-1-3-5-13)23-17(25)12-30-20(28)11-24-18(26)8-9-19(24)27/h1-7,10H,8-9,11-12H2,(H,23,25). The van der Waals surface area contributed by atoms with E-state index in [2.05, 4.69) is 5.32 Å². The summed E-state index contributed by atoms with van der Waals surface area (Å²) in [6.07, 6.45) is 0.114. The van der Waals surface area contributed by atoms with E-state index in [1.54, 1.807) is 30.3 Å². The number of rotatable bonds is 7. The van der Waals surface area contributed by atoms with Crippen LogP contribution < -0.4 is 5.32 Å². The van der Waals surface area contributed by atoms with Crippen molar-refractivity contribution >= 4 is 46.8 Å². The van der Waals surface area contributed by atoms with Gasteiger partial charge in [0.1, 0.15) is 6.54 Å². The smallest absolute Gasteiger partial charge is 0.326 e. The Balaban J connectivity index is 1.62. The number of ether oxygens (including phenoxy) is 1. The molecular weight excluding hydrogens is 412 g/mol. The first-order valence-electron chi connectivity index (χ1n) is 9.03. The summed E-state index contributed by atoms with van der Waals surface area (Å²) < 4.78 is 4.84. The van der Waals surface area contributed by atoms with Gasteiger partial charge >= 0.3 is 5.97 Å². The average Bonchev–Trinajstić information content (AvgIpc) is 3.05. The molecule has 1 heterocycles. The van der Waals surface area contributed by atoms with Crippen LogP contribution in [0.3, 0.4) is 0 Å². The second kappa shape index (κ2) is 9.32. The Labute approximate surface area is 176 Å². The molecule has 1 saturated heterocycles. The number of nitrogens with zero attached hydrogens (tertiary/aromatic N) is 1. The lowest BCUT2D eigenvalue weighted by Crippen LogP contribution is -2.36. The number of esters is 1. The van der Waals surface area contributed by atoms with E-state index in [1.165, 1.54) is 18.2 Å². The normalized spacial score (nSPS) is 13.3. The maximum atomic E-state index is 12.8. The number of anilines is 1. The Bertz CT molecular complexity index is 1010. The molecule has 0 aliphatic carbocycles. The number of carbonyl (C=O) groups excluding carboxylic acids is 5. The van der Waals surface area contributed by atoms with Crippen LogP contribution in [0.25, 0.3) is 0 Å². The van der Waals surface area contributed by atoms with Crippen LogP contribution in [0.4, 0.5) is 5.69 Å². The molecule has 0 aromatic heterocycles. The third kappa shape index (κ3) is 5.09. The van der Waals surface area contributed by atoms with Crippen molar-refractivity contribution in [1.82, 2.24) is 4.90 Å². The fourth-order valence-electron chi connectivity index (χ4n) is 2.86. The van der Waals surface area contributed by atoms with E-state index in [9.17, 15) is 24.0 Å². The minimum atomic E-state index is -0.884. The quantitative estimate of drug-likeness (QED) is 0.411. The number of ketones is 1. The molecule has 8 nitrogen and oxygen atoms in total. The van der Waals surface area contributed by atoms with Crippen LogP contribution in [0.5, 0.6) is 0 Å². The largest absolute Gasteiger partial charge is 0.454 e. The van der Waals surface area contributed by atoms with Gasteiger partial charge in [0, 0.05) is 29.0 Å². The van der Waals surface area contributed by atoms with Gasteiger partial charge < -0.3 is 10.1 Å². The summed E-state index contributed by atoms with van der Waals surface area (Å²) in [4.78, 5) is 60.6. The van der Waals surface area contributed by atoms with E-state index in [4.69, 9.17) is 16.3 Å². The summed E-state index contributed by atoms with van der Waals surface area (Å²) in [6, 6.07) is 12.9. The van der Waals surface area contributed by atoms with E-state index in [0.717, 1.165) is 4.90 Å². The van der Waals surface area contributed by atoms with Crippen molar-refractivity contribution in [2.45, 2.75) is 12.8 Å². The van der Waals surface area contributed by atoms with Crippen LogP contribution in [0.15, 0.2) is 48.5 Å². The number of benzene rings is 2. The number of amides is 3. The van der Waals surface area contributed by atoms with Crippen molar-refractivity contribution in [3.05, 3.63) is 64.7 Å². The number of likely N-dealkylation sites (tertiary alicyclic amines) is 1. The van der Waals surface area contributed by atoms with Crippen LogP contribution in [0.2, 0.25) is 5.02 Å². The Morgan fingerprint density at radius 3 is 2.33 bits per heavy atom. The first-order chi connectivity index (χ1) is 14.3. The van der Waals surface area contributed by atoms with Gasteiger partial charge in [0.25, 0.3) is 5.91 Å². The predicted octanol–water partition coefficient (Wildman–Crippen LogP) is 2.20. The SMILES string of the molecule is O=C(COC(=O)CN1C(=O)CCC1=O)Nc1ccc(Cl)cc1C(=O)c1ccccc1. The van der Waals surface area contributed by atoms with Gasteiger partial charge in [-0.05, 0) is 18.2 Å². The first kappa shape index (κ1) is 21.2. The van der Waals surface area contributed by atoms with Gasteiger partial charge in [0.05, 0.1) is 5.69 Å². The third-order valence-corrected chi connectivity index (χ3v) is 4.58. The topological polar surface area (TPSA) is 110 Å². The Kier molecular flexibility index (Phi) is 6.58. The summed E-state index contributed by atoms with van der Waals surface area (Å²) in [7, 11) is 0. The third-order valence-electron chi connectivity index (χ3n) is 4.34. The molecule has 30 heavy (non-hydrogen) atoms. The van der Waals surface area contributed by atoms with Gasteiger partial charge in [-0.2, -0.15) is 0 Å². The molecule has 0 bridgehead atoms. The van der Waals surface area contributed by atoms with Crippen LogP contribution in [0.1, 0.15) is 28.8 Å². The zero-order valence-corrected chi connectivity index (χ0v) is 16.5. The second-order valence-corrected chi connectivity index (χ2v) is 6.90. The highest BCUT2D eigenvalue weighted by atomic mass is 35.5. The summed E-state index contributed by atoms with van der Waals surface area (Å²) in [5.41, 5.74) is 0.808. The highest BCUT2D eigenvalue weighted by Gasteiger charge is 2.31. The number of hydrogen-bond acceptors (Lipinski definition) is 6. The average molecular weight is 429 g/mol. The fraction of sp³-hybridized carbons (Fsp3) is 0.190. The molecule has 3 amide bonds. The van der Waals surface area contributed by atoms with Crippen LogP contribution in [-0.4, -0.2) is 47.5 Å². The lowest BCUT2D eigenvalue weighted by molar-refractivity contribution is -0.153. The lowest BCUT2D eigenvalue weighted by atomic mass is 10.0. The first-order valence-corrected chi connectivity index (χ1v) is 9.41. The monoisotopic (exact) mass is 428 g/mol. The minimum Gasteiger partial charge on any atom is -0.454 e. The lowest BCUT2D eigenvalue weighted by Gasteiger charge is -2.14. The molecule has 1 aliphatic heterocycles. The molecule has 0 saturated carbocycles. The number of carbonyl (C=O) groups is 5. The van der Waals surface area contributed by atoms with Crippen LogP contribution in [0, 0.1) is 0 Å². The molecule has 0 unspecified atom stereocenters. The number of hydrogen-bond donors (Lipinski definition) is 1. The second-order valence-electron chi connectivity index (χ2n) is 6.47. The molecule has 1 aliphatic rings. The van der Waals surface area contributed by atoms with Gasteiger partial charge in [0.2, 0.25) is 11.8 Å². The minimum absolute atomic E-state index is 0.0569. The van der Waals surface area contributed by atoms with Crippen molar-refractivity contribution in [3.63, 3.8) is 0 Å². The summed E-state index contributed by atoms with van der Waals surface area (Å²) in [6.45, 7) is -1.18. The van der Waals surface area contributed by atoms with E-state index >= 15 is 0 Å². The fourth-order valence-corrected chi connectivity index (χ4v) is 3.04. The van der Waals surface area contributed by atoms with E-state index < -0.39 is 36.8 Å². The van der Waals surface area contributed by atoms with E-state index in [0.29, 0.717) is 10.6 Å². The Morgan fingerprint density at radius 2 is 1.67 bits per heavy atom. The van der Waals surface area contributed by atoms with Crippen molar-refractivity contribution in [3.8, 4) is 0 Å². The molecule has 2 aromatic rings. The van der Waals surface area contributed by atoms with E-state index in [1.807, 2.05) is 0 Å². The van der Waals surface area contributed by atoms with Gasteiger partial charge in [-0.1, -0.05) is 41.9 Å². The van der Waals surface area contributed by atoms with Gasteiger partial charge in [-0.25, -0.2) is 0 Å². The van der Waals surface area contributed by atoms with Gasteiger partial charge in [0.15, 0.2) is 12.4 Å². The maximum absolute atomic E-state index is 12.8. The molecule has 154 valence electrons. The number of nitrogens with one attached hydrogen (secondary N) is 1. The molecule has 2 aromatic carbocycles. The molecule has 0 atom stereocenters. The van der Waals surface area contributed by atoms with Gasteiger partial charge in [-0.3, -0.25) is 28.9 Å². The molecule has 1 N–H and O–H groups in total. The van der Waals surface area contributed by atoms with Gasteiger partial charge in [-0.15, -0.1) is 0 Å². The summed E-state index contributed by atoms with van der Waals surface area (Å²) in [5, 5.41) is 2.83. The molecule has 0 radical (unpaired) electrons. The molecule has 1 fully saturated rings. The molecular formula is C21H17ClN2O6. The van der Waals surface area contributed by atoms with Crippen molar-refractivity contribution in [2.24, 2.45) is 0 Å². The number of halogens is 1. The van der Waals surface area contributed by atoms with Crippen LogP contribution in [-0.2, 0) is 23.9 Å². The van der Waals surface area contributed by atoms with E-state index in [-0.39, 0.29) is 29.9 Å². The molecule has 3 rings (SSSR count). The molecule has 0 spiro atoms. The molecule has 9 heteroatoms.